The van der Waals surface area contributed by atoms with Crippen molar-refractivity contribution in [1.29, 1.82) is 0 Å². The van der Waals surface area contributed by atoms with Crippen molar-refractivity contribution in [3.8, 4) is 0 Å². The highest BCUT2D eigenvalue weighted by atomic mass is 32.2. The molecule has 1 aliphatic heterocycles. The highest BCUT2D eigenvalue weighted by Crippen LogP contribution is 2.23. The van der Waals surface area contributed by atoms with Gasteiger partial charge in [-0.05, 0) is 61.0 Å². The molecule has 1 amide bonds. The Morgan fingerprint density at radius 2 is 1.52 bits per heavy atom. The maximum Gasteiger partial charge on any atom is 0.264 e. The van der Waals surface area contributed by atoms with Crippen molar-refractivity contribution in [2.24, 2.45) is 0 Å². The maximum absolute atomic E-state index is 13.0. The Hall–Kier alpha value is -3.23. The number of carbonyl (C=O) groups excluding carboxylic acids is 1. The summed E-state index contributed by atoms with van der Waals surface area (Å²) in [5, 5.41) is 0. The summed E-state index contributed by atoms with van der Waals surface area (Å²) in [4.78, 5) is 21.4. The van der Waals surface area contributed by atoms with Gasteiger partial charge in [0.25, 0.3) is 15.9 Å². The molecule has 4 rings (SSSR count). The van der Waals surface area contributed by atoms with Gasteiger partial charge >= 0.3 is 0 Å². The van der Waals surface area contributed by atoms with Crippen LogP contribution in [0.3, 0.4) is 0 Å². The first kappa shape index (κ1) is 22.9. The number of amides is 1. The molecule has 1 aliphatic rings. The van der Waals surface area contributed by atoms with Crippen molar-refractivity contribution in [2.75, 3.05) is 37.5 Å². The Morgan fingerprint density at radius 3 is 2.12 bits per heavy atom. The summed E-state index contributed by atoms with van der Waals surface area (Å²) in [7, 11) is -2.14. The lowest BCUT2D eigenvalue weighted by Crippen LogP contribution is -2.48. The van der Waals surface area contributed by atoms with Crippen molar-refractivity contribution < 1.29 is 13.2 Å². The first-order chi connectivity index (χ1) is 15.8. The smallest absolute Gasteiger partial charge is 0.264 e. The van der Waals surface area contributed by atoms with Crippen molar-refractivity contribution in [1.82, 2.24) is 14.8 Å². The van der Waals surface area contributed by atoms with E-state index < -0.39 is 10.0 Å². The Kier molecular flexibility index (Phi) is 6.76. The highest BCUT2D eigenvalue weighted by molar-refractivity contribution is 7.92. The third kappa shape index (κ3) is 5.23. The number of hydrogen-bond donors (Lipinski definition) is 0. The molecular weight excluding hydrogens is 436 g/mol. The van der Waals surface area contributed by atoms with Crippen LogP contribution in [0.1, 0.15) is 21.5 Å². The molecule has 0 unspecified atom stereocenters. The zero-order valence-corrected chi connectivity index (χ0v) is 19.7. The Balaban J connectivity index is 1.38. The van der Waals surface area contributed by atoms with Gasteiger partial charge in [0, 0.05) is 57.7 Å². The van der Waals surface area contributed by atoms with Crippen LogP contribution in [-0.2, 0) is 16.6 Å². The van der Waals surface area contributed by atoms with Gasteiger partial charge in [-0.3, -0.25) is 19.0 Å². The molecule has 0 aliphatic carbocycles. The first-order valence-electron chi connectivity index (χ1n) is 10.9. The van der Waals surface area contributed by atoms with E-state index in [1.807, 2.05) is 24.0 Å². The largest absolute Gasteiger partial charge is 0.336 e. The lowest BCUT2D eigenvalue weighted by Gasteiger charge is -2.34. The SMILES string of the molecule is Cc1ccc(S(=O)(=O)N(C)c2ccc(C(=O)N3CCN(Cc4ccncc4)CC3)cc2)cc1. The van der Waals surface area contributed by atoms with Crippen LogP contribution in [0.15, 0.2) is 78.0 Å². The van der Waals surface area contributed by atoms with Gasteiger partial charge in [-0.15, -0.1) is 0 Å². The normalized spacial score (nSPS) is 14.8. The molecule has 7 nitrogen and oxygen atoms in total. The lowest BCUT2D eigenvalue weighted by molar-refractivity contribution is 0.0628. The molecule has 0 radical (unpaired) electrons. The second kappa shape index (κ2) is 9.72. The van der Waals surface area contributed by atoms with E-state index in [0.717, 1.165) is 25.2 Å². The number of benzene rings is 2. The molecule has 3 aromatic rings. The Bertz CT molecular complexity index is 1190. The lowest BCUT2D eigenvalue weighted by atomic mass is 10.1. The van der Waals surface area contributed by atoms with Crippen molar-refractivity contribution in [2.45, 2.75) is 18.4 Å². The molecule has 0 bridgehead atoms. The molecule has 8 heteroatoms. The number of anilines is 1. The molecule has 1 aromatic heterocycles. The number of nitrogens with zero attached hydrogens (tertiary/aromatic N) is 4. The number of aryl methyl sites for hydroxylation is 1. The molecule has 1 saturated heterocycles. The molecule has 1 fully saturated rings. The van der Waals surface area contributed by atoms with Crippen LogP contribution in [0.2, 0.25) is 0 Å². The summed E-state index contributed by atoms with van der Waals surface area (Å²) < 4.78 is 27.1. The van der Waals surface area contributed by atoms with E-state index in [4.69, 9.17) is 0 Å². The fourth-order valence-electron chi connectivity index (χ4n) is 3.86. The van der Waals surface area contributed by atoms with Crippen LogP contribution in [0.4, 0.5) is 5.69 Å². The number of aromatic nitrogens is 1. The highest BCUT2D eigenvalue weighted by Gasteiger charge is 2.24. The van der Waals surface area contributed by atoms with E-state index in [2.05, 4.69) is 9.88 Å². The van der Waals surface area contributed by atoms with Gasteiger partial charge < -0.3 is 4.90 Å². The zero-order chi connectivity index (χ0) is 23.4. The van der Waals surface area contributed by atoms with Crippen LogP contribution in [0, 0.1) is 6.92 Å². The van der Waals surface area contributed by atoms with Crippen LogP contribution < -0.4 is 4.31 Å². The van der Waals surface area contributed by atoms with E-state index in [-0.39, 0.29) is 10.8 Å². The number of piperazine rings is 1. The molecule has 0 atom stereocenters. The van der Waals surface area contributed by atoms with Gasteiger partial charge in [-0.25, -0.2) is 8.42 Å². The summed E-state index contributed by atoms with van der Waals surface area (Å²) in [6.07, 6.45) is 3.59. The maximum atomic E-state index is 13.0. The predicted octanol–water partition coefficient (Wildman–Crippen LogP) is 3.17. The topological polar surface area (TPSA) is 73.8 Å². The second-order valence-electron chi connectivity index (χ2n) is 8.26. The molecule has 172 valence electrons. The van der Waals surface area contributed by atoms with Crippen LogP contribution in [0.25, 0.3) is 0 Å². The number of sulfonamides is 1. The zero-order valence-electron chi connectivity index (χ0n) is 18.9. The minimum absolute atomic E-state index is 0.0332. The predicted molar refractivity (Wildman–Crippen MR) is 129 cm³/mol. The van der Waals surface area contributed by atoms with Gasteiger partial charge in [0.15, 0.2) is 0 Å². The van der Waals surface area contributed by atoms with Gasteiger partial charge in [-0.1, -0.05) is 17.7 Å². The molecule has 0 N–H and O–H groups in total. The van der Waals surface area contributed by atoms with Crippen molar-refractivity contribution in [3.05, 3.63) is 89.7 Å². The number of carbonyl (C=O) groups is 1. The Labute approximate surface area is 195 Å². The number of rotatable bonds is 6. The second-order valence-corrected chi connectivity index (χ2v) is 10.2. The fraction of sp³-hybridized carbons (Fsp3) is 0.280. The molecule has 2 aromatic carbocycles. The van der Waals surface area contributed by atoms with Crippen molar-refractivity contribution in [3.63, 3.8) is 0 Å². The summed E-state index contributed by atoms with van der Waals surface area (Å²) in [6.45, 7) is 5.70. The molecular formula is C25H28N4O3S. The van der Waals surface area contributed by atoms with E-state index >= 15 is 0 Å². The van der Waals surface area contributed by atoms with Gasteiger partial charge in [-0.2, -0.15) is 0 Å². The number of hydrogen-bond acceptors (Lipinski definition) is 5. The van der Waals surface area contributed by atoms with Crippen LogP contribution >= 0.6 is 0 Å². The number of pyridine rings is 1. The average Bonchev–Trinajstić information content (AvgIpc) is 2.84. The molecule has 0 saturated carbocycles. The summed E-state index contributed by atoms with van der Waals surface area (Å²) in [5.74, 6) is -0.0332. The van der Waals surface area contributed by atoms with E-state index in [0.29, 0.717) is 24.3 Å². The fourth-order valence-corrected chi connectivity index (χ4v) is 5.05. The third-order valence-electron chi connectivity index (χ3n) is 5.97. The Morgan fingerprint density at radius 1 is 0.909 bits per heavy atom. The van der Waals surface area contributed by atoms with Crippen LogP contribution in [-0.4, -0.2) is 62.3 Å². The molecule has 33 heavy (non-hydrogen) atoms. The minimum Gasteiger partial charge on any atom is -0.336 e. The minimum atomic E-state index is -3.67. The average molecular weight is 465 g/mol. The van der Waals surface area contributed by atoms with Crippen molar-refractivity contribution >= 4 is 21.6 Å². The van der Waals surface area contributed by atoms with Gasteiger partial charge in [0.2, 0.25) is 0 Å². The summed E-state index contributed by atoms with van der Waals surface area (Å²) in [6, 6.07) is 17.5. The van der Waals surface area contributed by atoms with Crippen LogP contribution in [0.5, 0.6) is 0 Å². The van der Waals surface area contributed by atoms with E-state index in [9.17, 15) is 13.2 Å². The summed E-state index contributed by atoms with van der Waals surface area (Å²) in [5.41, 5.74) is 3.28. The standard InChI is InChI=1S/C25H28N4O3S/c1-20-3-9-24(10-4-20)33(31,32)27(2)23-7-5-22(6-8-23)25(30)29-17-15-28(16-18-29)19-21-11-13-26-14-12-21/h3-14H,15-19H2,1-2H3. The van der Waals surface area contributed by atoms with E-state index in [1.54, 1.807) is 60.9 Å². The quantitative estimate of drug-likeness (QED) is 0.560. The van der Waals surface area contributed by atoms with E-state index in [1.165, 1.54) is 16.9 Å². The van der Waals surface area contributed by atoms with Gasteiger partial charge in [0.05, 0.1) is 10.6 Å². The molecule has 2 heterocycles. The monoisotopic (exact) mass is 464 g/mol. The summed E-state index contributed by atoms with van der Waals surface area (Å²) >= 11 is 0. The third-order valence-corrected chi connectivity index (χ3v) is 7.77. The van der Waals surface area contributed by atoms with Gasteiger partial charge in [0.1, 0.15) is 0 Å². The first-order valence-corrected chi connectivity index (χ1v) is 12.3. The molecule has 0 spiro atoms.